The van der Waals surface area contributed by atoms with Crippen LogP contribution in [0.2, 0.25) is 0 Å². The van der Waals surface area contributed by atoms with Gasteiger partial charge in [-0.1, -0.05) is 18.2 Å². The van der Waals surface area contributed by atoms with E-state index in [0.717, 1.165) is 25.2 Å². The molecule has 3 nitrogen and oxygen atoms in total. The molecule has 0 heterocycles. The number of nitrogens with one attached hydrogen (secondary N) is 1. The van der Waals surface area contributed by atoms with Crippen molar-refractivity contribution in [3.05, 3.63) is 30.3 Å². The van der Waals surface area contributed by atoms with Crippen LogP contribution in [0.4, 0.5) is 0 Å². The highest BCUT2D eigenvalue weighted by Gasteiger charge is 2.06. The SMILES string of the molecule is COCCCC(CSc1ccccc1)NN. The van der Waals surface area contributed by atoms with Crippen LogP contribution in [0.3, 0.4) is 0 Å². The van der Waals surface area contributed by atoms with Crippen LogP contribution in [-0.4, -0.2) is 25.5 Å². The third kappa shape index (κ3) is 5.51. The van der Waals surface area contributed by atoms with Gasteiger partial charge >= 0.3 is 0 Å². The normalized spacial score (nSPS) is 12.6. The Labute approximate surface area is 102 Å². The number of hydrogen-bond donors (Lipinski definition) is 2. The van der Waals surface area contributed by atoms with Crippen molar-refractivity contribution in [2.45, 2.75) is 23.8 Å². The van der Waals surface area contributed by atoms with E-state index in [1.807, 2.05) is 17.8 Å². The number of thioether (sulfide) groups is 1. The summed E-state index contributed by atoms with van der Waals surface area (Å²) in [4.78, 5) is 1.29. The first-order chi connectivity index (χ1) is 7.86. The zero-order valence-electron chi connectivity index (χ0n) is 9.69. The van der Waals surface area contributed by atoms with E-state index in [-0.39, 0.29) is 0 Å². The lowest BCUT2D eigenvalue weighted by Crippen LogP contribution is -2.37. The second kappa shape index (κ2) is 8.58. The molecule has 0 fully saturated rings. The van der Waals surface area contributed by atoms with Gasteiger partial charge in [-0.3, -0.25) is 11.3 Å². The molecule has 0 aliphatic carbocycles. The fourth-order valence-electron chi connectivity index (χ4n) is 1.40. The Morgan fingerprint density at radius 1 is 1.38 bits per heavy atom. The number of rotatable bonds is 8. The third-order valence-electron chi connectivity index (χ3n) is 2.33. The quantitative estimate of drug-likeness (QED) is 0.316. The number of nitrogens with two attached hydrogens (primary N) is 1. The summed E-state index contributed by atoms with van der Waals surface area (Å²) >= 11 is 1.83. The molecule has 3 N–H and O–H groups in total. The van der Waals surface area contributed by atoms with Crippen LogP contribution in [0.1, 0.15) is 12.8 Å². The van der Waals surface area contributed by atoms with Crippen molar-refractivity contribution in [2.24, 2.45) is 5.84 Å². The Bertz CT molecular complexity index is 269. The van der Waals surface area contributed by atoms with Gasteiger partial charge in [0, 0.05) is 30.4 Å². The lowest BCUT2D eigenvalue weighted by molar-refractivity contribution is 0.189. The number of hydrazine groups is 1. The second-order valence-corrected chi connectivity index (χ2v) is 4.72. The molecule has 1 aromatic carbocycles. The number of benzene rings is 1. The first-order valence-corrected chi connectivity index (χ1v) is 6.48. The van der Waals surface area contributed by atoms with Gasteiger partial charge in [-0.2, -0.15) is 0 Å². The monoisotopic (exact) mass is 240 g/mol. The average molecular weight is 240 g/mol. The van der Waals surface area contributed by atoms with Gasteiger partial charge in [0.15, 0.2) is 0 Å². The van der Waals surface area contributed by atoms with Gasteiger partial charge in [-0.25, -0.2) is 0 Å². The van der Waals surface area contributed by atoms with E-state index in [4.69, 9.17) is 10.6 Å². The van der Waals surface area contributed by atoms with Crippen molar-refractivity contribution in [1.82, 2.24) is 5.43 Å². The number of hydrogen-bond acceptors (Lipinski definition) is 4. The van der Waals surface area contributed by atoms with E-state index in [0.29, 0.717) is 6.04 Å². The van der Waals surface area contributed by atoms with Crippen molar-refractivity contribution in [2.75, 3.05) is 19.5 Å². The third-order valence-corrected chi connectivity index (χ3v) is 3.51. The molecule has 0 spiro atoms. The highest BCUT2D eigenvalue weighted by molar-refractivity contribution is 7.99. The maximum absolute atomic E-state index is 5.52. The maximum atomic E-state index is 5.52. The molecule has 0 aliphatic rings. The Kier molecular flexibility index (Phi) is 7.25. The van der Waals surface area contributed by atoms with Crippen LogP contribution in [0.15, 0.2) is 35.2 Å². The number of methoxy groups -OCH3 is 1. The Hall–Kier alpha value is -0.550. The summed E-state index contributed by atoms with van der Waals surface area (Å²) in [6, 6.07) is 10.7. The standard InChI is InChI=1S/C12H20N2OS/c1-15-9-5-6-11(14-13)10-16-12-7-3-2-4-8-12/h2-4,7-8,11,14H,5-6,9-10,13H2,1H3. The van der Waals surface area contributed by atoms with Crippen LogP contribution in [0.5, 0.6) is 0 Å². The molecule has 1 unspecified atom stereocenters. The molecule has 0 bridgehead atoms. The van der Waals surface area contributed by atoms with E-state index in [1.54, 1.807) is 7.11 Å². The van der Waals surface area contributed by atoms with Crippen molar-refractivity contribution < 1.29 is 4.74 Å². The van der Waals surface area contributed by atoms with Gasteiger partial charge in [0.05, 0.1) is 0 Å². The Morgan fingerprint density at radius 2 is 2.12 bits per heavy atom. The molecule has 0 aromatic heterocycles. The van der Waals surface area contributed by atoms with Crippen molar-refractivity contribution in [1.29, 1.82) is 0 Å². The highest BCUT2D eigenvalue weighted by Crippen LogP contribution is 2.18. The molecule has 1 rings (SSSR count). The minimum absolute atomic E-state index is 0.348. The summed E-state index contributed by atoms with van der Waals surface area (Å²) in [6.45, 7) is 0.800. The Morgan fingerprint density at radius 3 is 2.75 bits per heavy atom. The smallest absolute Gasteiger partial charge is 0.0462 e. The summed E-state index contributed by atoms with van der Waals surface area (Å²) in [7, 11) is 1.73. The van der Waals surface area contributed by atoms with Gasteiger partial charge in [0.2, 0.25) is 0 Å². The molecule has 90 valence electrons. The molecule has 0 amide bonds. The molecular formula is C12H20N2OS. The van der Waals surface area contributed by atoms with E-state index >= 15 is 0 Å². The minimum atomic E-state index is 0.348. The molecule has 4 heteroatoms. The zero-order valence-corrected chi connectivity index (χ0v) is 10.5. The van der Waals surface area contributed by atoms with Gasteiger partial charge in [-0.15, -0.1) is 11.8 Å². The average Bonchev–Trinajstić information content (AvgIpc) is 2.35. The van der Waals surface area contributed by atoms with E-state index in [1.165, 1.54) is 4.90 Å². The van der Waals surface area contributed by atoms with Crippen molar-refractivity contribution >= 4 is 11.8 Å². The topological polar surface area (TPSA) is 47.3 Å². The summed E-state index contributed by atoms with van der Waals surface area (Å²) in [5.74, 6) is 6.51. The molecule has 0 saturated carbocycles. The molecule has 0 saturated heterocycles. The van der Waals surface area contributed by atoms with Gasteiger partial charge in [0.25, 0.3) is 0 Å². The number of ether oxygens (including phenoxy) is 1. The first-order valence-electron chi connectivity index (χ1n) is 5.49. The van der Waals surface area contributed by atoms with E-state index in [2.05, 4.69) is 29.7 Å². The largest absolute Gasteiger partial charge is 0.385 e. The summed E-state index contributed by atoms with van der Waals surface area (Å²) in [5, 5.41) is 0. The summed E-state index contributed by atoms with van der Waals surface area (Å²) in [6.07, 6.45) is 2.09. The van der Waals surface area contributed by atoms with E-state index in [9.17, 15) is 0 Å². The van der Waals surface area contributed by atoms with Crippen molar-refractivity contribution in [3.8, 4) is 0 Å². The molecule has 0 radical (unpaired) electrons. The highest BCUT2D eigenvalue weighted by atomic mass is 32.2. The maximum Gasteiger partial charge on any atom is 0.0462 e. The molecule has 16 heavy (non-hydrogen) atoms. The summed E-state index contributed by atoms with van der Waals surface area (Å²) < 4.78 is 5.02. The molecular weight excluding hydrogens is 220 g/mol. The molecule has 1 atom stereocenters. The lowest BCUT2D eigenvalue weighted by Gasteiger charge is -2.14. The van der Waals surface area contributed by atoms with Gasteiger partial charge < -0.3 is 4.74 Å². The molecule has 0 aliphatic heterocycles. The predicted molar refractivity (Wildman–Crippen MR) is 69.4 cm³/mol. The van der Waals surface area contributed by atoms with Gasteiger partial charge in [0.1, 0.15) is 0 Å². The lowest BCUT2D eigenvalue weighted by atomic mass is 10.2. The fraction of sp³-hybridized carbons (Fsp3) is 0.500. The fourth-order valence-corrected chi connectivity index (χ4v) is 2.41. The zero-order chi connectivity index (χ0) is 11.6. The summed E-state index contributed by atoms with van der Waals surface area (Å²) in [5.41, 5.74) is 2.85. The van der Waals surface area contributed by atoms with E-state index < -0.39 is 0 Å². The van der Waals surface area contributed by atoms with Crippen LogP contribution in [-0.2, 0) is 4.74 Å². The van der Waals surface area contributed by atoms with Crippen LogP contribution in [0, 0.1) is 0 Å². The minimum Gasteiger partial charge on any atom is -0.385 e. The van der Waals surface area contributed by atoms with Gasteiger partial charge in [-0.05, 0) is 25.0 Å². The van der Waals surface area contributed by atoms with Crippen LogP contribution < -0.4 is 11.3 Å². The Balaban J connectivity index is 2.23. The molecule has 1 aromatic rings. The predicted octanol–water partition coefficient (Wildman–Crippen LogP) is 2.04. The second-order valence-electron chi connectivity index (χ2n) is 3.62. The van der Waals surface area contributed by atoms with Crippen LogP contribution in [0.25, 0.3) is 0 Å². The van der Waals surface area contributed by atoms with Crippen LogP contribution >= 0.6 is 11.8 Å². The first kappa shape index (κ1) is 13.5. The van der Waals surface area contributed by atoms with Crippen molar-refractivity contribution in [3.63, 3.8) is 0 Å².